The largest absolute Gasteiger partial charge is 0.462 e. The van der Waals surface area contributed by atoms with Gasteiger partial charge in [-0.05, 0) is 19.4 Å². The lowest BCUT2D eigenvalue weighted by Crippen LogP contribution is -2.06. The molecule has 7 heteroatoms. The van der Waals surface area contributed by atoms with Crippen molar-refractivity contribution in [2.24, 2.45) is 0 Å². The third kappa shape index (κ3) is 4.43. The van der Waals surface area contributed by atoms with E-state index in [9.17, 15) is 9.59 Å². The fourth-order valence-electron chi connectivity index (χ4n) is 2.52. The van der Waals surface area contributed by atoms with Crippen LogP contribution in [0.4, 0.5) is 0 Å². The maximum absolute atomic E-state index is 12.4. The van der Waals surface area contributed by atoms with Gasteiger partial charge in [0.15, 0.2) is 5.78 Å². The molecular weight excluding hydrogens is 350 g/mol. The zero-order valence-electron chi connectivity index (χ0n) is 14.6. The van der Waals surface area contributed by atoms with Crippen molar-refractivity contribution >= 4 is 23.1 Å². The number of Topliss-reactive ketones (excluding diaryl/α,β-unsaturated/α-hetero) is 1. The molecule has 0 saturated carbocycles. The second-order valence-electron chi connectivity index (χ2n) is 5.86. The first-order chi connectivity index (χ1) is 12.5. The van der Waals surface area contributed by atoms with Gasteiger partial charge in [0.25, 0.3) is 0 Å². The average Bonchev–Trinajstić information content (AvgIpc) is 3.25. The standard InChI is InChI=1S/C19H19N3O3S/c1-3-25-19(24)15-9-20-22(10-15)11-18-21-16(12-26-18)17(23)8-14-6-4-5-13(2)7-14/h4-7,9-10,12H,3,8,11H2,1-2H3. The molecule has 0 N–H and O–H groups in total. The molecule has 26 heavy (non-hydrogen) atoms. The van der Waals surface area contributed by atoms with Gasteiger partial charge in [0.1, 0.15) is 10.7 Å². The van der Waals surface area contributed by atoms with Crippen LogP contribution >= 0.6 is 11.3 Å². The normalized spacial score (nSPS) is 10.7. The molecule has 2 aromatic heterocycles. The van der Waals surface area contributed by atoms with Crippen molar-refractivity contribution in [2.75, 3.05) is 6.61 Å². The Morgan fingerprint density at radius 3 is 2.92 bits per heavy atom. The lowest BCUT2D eigenvalue weighted by molar-refractivity contribution is 0.0526. The summed E-state index contributed by atoms with van der Waals surface area (Å²) < 4.78 is 6.55. The second-order valence-corrected chi connectivity index (χ2v) is 6.81. The summed E-state index contributed by atoms with van der Waals surface area (Å²) in [6.45, 7) is 4.49. The highest BCUT2D eigenvalue weighted by Crippen LogP contribution is 2.15. The number of hydrogen-bond donors (Lipinski definition) is 0. The van der Waals surface area contributed by atoms with Gasteiger partial charge in [-0.25, -0.2) is 9.78 Å². The lowest BCUT2D eigenvalue weighted by atomic mass is 10.1. The number of thiazole rings is 1. The first kappa shape index (κ1) is 18.0. The van der Waals surface area contributed by atoms with Crippen molar-refractivity contribution in [2.45, 2.75) is 26.8 Å². The quantitative estimate of drug-likeness (QED) is 0.472. The van der Waals surface area contributed by atoms with Crippen LogP contribution in [-0.4, -0.2) is 33.1 Å². The molecule has 0 fully saturated rings. The topological polar surface area (TPSA) is 74.1 Å². The van der Waals surface area contributed by atoms with Crippen molar-refractivity contribution in [1.82, 2.24) is 14.8 Å². The van der Waals surface area contributed by atoms with E-state index in [1.807, 2.05) is 31.2 Å². The van der Waals surface area contributed by atoms with E-state index in [1.165, 1.54) is 17.5 Å². The Bertz CT molecular complexity index is 930. The van der Waals surface area contributed by atoms with Gasteiger partial charge in [-0.2, -0.15) is 5.10 Å². The highest BCUT2D eigenvalue weighted by atomic mass is 32.1. The van der Waals surface area contributed by atoms with Crippen molar-refractivity contribution in [1.29, 1.82) is 0 Å². The van der Waals surface area contributed by atoms with Crippen LogP contribution in [0.15, 0.2) is 42.0 Å². The number of ketones is 1. The van der Waals surface area contributed by atoms with E-state index in [0.29, 0.717) is 30.8 Å². The summed E-state index contributed by atoms with van der Waals surface area (Å²) in [6, 6.07) is 7.90. The SMILES string of the molecule is CCOC(=O)c1cnn(Cc2nc(C(=O)Cc3cccc(C)c3)cs2)c1. The Kier molecular flexibility index (Phi) is 5.58. The third-order valence-electron chi connectivity index (χ3n) is 3.73. The molecule has 0 saturated heterocycles. The summed E-state index contributed by atoms with van der Waals surface area (Å²) in [5.74, 6) is -0.405. The highest BCUT2D eigenvalue weighted by molar-refractivity contribution is 7.09. The number of rotatable bonds is 7. The van der Waals surface area contributed by atoms with E-state index in [1.54, 1.807) is 23.2 Å². The van der Waals surface area contributed by atoms with Crippen molar-refractivity contribution in [3.05, 3.63) is 69.4 Å². The molecule has 0 atom stereocenters. The Hall–Kier alpha value is -2.80. The van der Waals surface area contributed by atoms with E-state index in [2.05, 4.69) is 10.1 Å². The van der Waals surface area contributed by atoms with Crippen LogP contribution < -0.4 is 0 Å². The summed E-state index contributed by atoms with van der Waals surface area (Å²) in [5, 5.41) is 6.67. The van der Waals surface area contributed by atoms with E-state index >= 15 is 0 Å². The minimum Gasteiger partial charge on any atom is -0.462 e. The van der Waals surface area contributed by atoms with Crippen LogP contribution in [-0.2, 0) is 17.7 Å². The molecule has 3 aromatic rings. The van der Waals surface area contributed by atoms with Crippen LogP contribution in [0.2, 0.25) is 0 Å². The number of aromatic nitrogens is 3. The first-order valence-electron chi connectivity index (χ1n) is 8.28. The Morgan fingerprint density at radius 1 is 1.31 bits per heavy atom. The molecule has 0 bridgehead atoms. The number of carbonyl (C=O) groups excluding carboxylic acids is 2. The molecule has 3 rings (SSSR count). The summed E-state index contributed by atoms with van der Waals surface area (Å²) in [4.78, 5) is 28.5. The molecule has 0 radical (unpaired) electrons. The number of benzene rings is 1. The zero-order valence-corrected chi connectivity index (χ0v) is 15.5. The van der Waals surface area contributed by atoms with Gasteiger partial charge in [0.2, 0.25) is 0 Å². The Labute approximate surface area is 155 Å². The van der Waals surface area contributed by atoms with Gasteiger partial charge in [0, 0.05) is 18.0 Å². The number of aryl methyl sites for hydroxylation is 1. The summed E-state index contributed by atoms with van der Waals surface area (Å²) >= 11 is 1.41. The van der Waals surface area contributed by atoms with E-state index in [4.69, 9.17) is 4.74 Å². The average molecular weight is 369 g/mol. The monoisotopic (exact) mass is 369 g/mol. The van der Waals surface area contributed by atoms with Crippen molar-refractivity contribution in [3.8, 4) is 0 Å². The van der Waals surface area contributed by atoms with Gasteiger partial charge in [-0.1, -0.05) is 29.8 Å². The van der Waals surface area contributed by atoms with E-state index < -0.39 is 5.97 Å². The molecule has 0 aliphatic rings. The minimum atomic E-state index is -0.396. The van der Waals surface area contributed by atoms with Crippen LogP contribution in [0.5, 0.6) is 0 Å². The maximum atomic E-state index is 12.4. The van der Waals surface area contributed by atoms with Crippen LogP contribution in [0.25, 0.3) is 0 Å². The van der Waals surface area contributed by atoms with Crippen LogP contribution in [0.3, 0.4) is 0 Å². The van der Waals surface area contributed by atoms with E-state index in [0.717, 1.165) is 16.1 Å². The molecule has 0 amide bonds. The van der Waals surface area contributed by atoms with Gasteiger partial charge < -0.3 is 4.74 Å². The maximum Gasteiger partial charge on any atom is 0.341 e. The van der Waals surface area contributed by atoms with E-state index in [-0.39, 0.29) is 5.78 Å². The van der Waals surface area contributed by atoms with Crippen LogP contribution in [0.1, 0.15) is 43.9 Å². The Morgan fingerprint density at radius 2 is 2.15 bits per heavy atom. The fraction of sp³-hybridized carbons (Fsp3) is 0.263. The summed E-state index contributed by atoms with van der Waals surface area (Å²) in [6.07, 6.45) is 3.42. The number of ether oxygens (including phenoxy) is 1. The smallest absolute Gasteiger partial charge is 0.341 e. The molecule has 0 unspecified atom stereocenters. The molecule has 1 aromatic carbocycles. The van der Waals surface area contributed by atoms with Gasteiger partial charge in [0.05, 0.1) is 24.9 Å². The number of esters is 1. The molecule has 2 heterocycles. The van der Waals surface area contributed by atoms with Gasteiger partial charge in [-0.15, -0.1) is 11.3 Å². The number of hydrogen-bond acceptors (Lipinski definition) is 6. The van der Waals surface area contributed by atoms with Crippen molar-refractivity contribution < 1.29 is 14.3 Å². The summed E-state index contributed by atoms with van der Waals surface area (Å²) in [7, 11) is 0. The molecule has 0 spiro atoms. The summed E-state index contributed by atoms with van der Waals surface area (Å²) in [5.41, 5.74) is 2.98. The molecule has 0 aliphatic carbocycles. The third-order valence-corrected chi connectivity index (χ3v) is 4.56. The lowest BCUT2D eigenvalue weighted by Gasteiger charge is -2.00. The number of carbonyl (C=O) groups is 2. The minimum absolute atomic E-state index is 0.00854. The first-order valence-corrected chi connectivity index (χ1v) is 9.16. The highest BCUT2D eigenvalue weighted by Gasteiger charge is 2.14. The predicted molar refractivity (Wildman–Crippen MR) is 98.6 cm³/mol. The molecule has 6 nitrogen and oxygen atoms in total. The van der Waals surface area contributed by atoms with Gasteiger partial charge in [-0.3, -0.25) is 9.48 Å². The molecule has 134 valence electrons. The number of nitrogens with zero attached hydrogens (tertiary/aromatic N) is 3. The van der Waals surface area contributed by atoms with Crippen LogP contribution in [0, 0.1) is 6.92 Å². The molecular formula is C19H19N3O3S. The zero-order chi connectivity index (χ0) is 18.5. The molecule has 0 aliphatic heterocycles. The van der Waals surface area contributed by atoms with Gasteiger partial charge >= 0.3 is 5.97 Å². The Balaban J connectivity index is 1.64. The fourth-order valence-corrected chi connectivity index (χ4v) is 3.31. The second kappa shape index (κ2) is 8.05. The van der Waals surface area contributed by atoms with Crippen molar-refractivity contribution in [3.63, 3.8) is 0 Å². The predicted octanol–water partition coefficient (Wildman–Crippen LogP) is 3.30.